The topological polar surface area (TPSA) is 50.2 Å². The van der Waals surface area contributed by atoms with Crippen molar-refractivity contribution >= 4 is 17.5 Å². The van der Waals surface area contributed by atoms with Crippen LogP contribution in [0.1, 0.15) is 24.0 Å². The van der Waals surface area contributed by atoms with Gasteiger partial charge in [0.05, 0.1) is 12.1 Å². The number of carbonyl (C=O) groups is 1. The van der Waals surface area contributed by atoms with Crippen LogP contribution in [0.4, 0.5) is 0 Å². The molecule has 0 bridgehead atoms. The van der Waals surface area contributed by atoms with Gasteiger partial charge in [-0.1, -0.05) is 29.8 Å². The van der Waals surface area contributed by atoms with Crippen LogP contribution < -0.4 is 5.32 Å². The minimum Gasteiger partial charge on any atom is -0.338 e. The second-order valence-corrected chi connectivity index (χ2v) is 6.67. The highest BCUT2D eigenvalue weighted by Crippen LogP contribution is 2.30. The fourth-order valence-corrected chi connectivity index (χ4v) is 3.53. The number of nitrogens with zero attached hydrogens (tertiary/aromatic N) is 3. The molecule has 0 saturated carbocycles. The largest absolute Gasteiger partial charge is 0.338 e. The molecule has 1 N–H and O–H groups in total. The van der Waals surface area contributed by atoms with Crippen molar-refractivity contribution in [1.82, 2.24) is 20.0 Å². The van der Waals surface area contributed by atoms with Crippen LogP contribution in [-0.2, 0) is 18.4 Å². The van der Waals surface area contributed by atoms with Crippen LogP contribution in [-0.4, -0.2) is 40.2 Å². The van der Waals surface area contributed by atoms with E-state index < -0.39 is 0 Å². The molecule has 2 aromatic rings. The highest BCUT2D eigenvalue weighted by molar-refractivity contribution is 6.31. The number of hydrogen-bond acceptors (Lipinski definition) is 3. The van der Waals surface area contributed by atoms with Gasteiger partial charge in [0.1, 0.15) is 0 Å². The standard InChI is InChI=1S/C18H23ClN4O/c1-3-23(12-13-6-4-5-7-17(13)19)18(24)16-10-20-9-15(16)14-8-21-22(2)11-14/h4-8,11,15-16,20H,3,9-10,12H2,1-2H3/t15-,16+/m1/s1. The van der Waals surface area contributed by atoms with E-state index in [2.05, 4.69) is 10.4 Å². The third-order valence-corrected chi connectivity index (χ3v) is 5.07. The van der Waals surface area contributed by atoms with Crippen molar-refractivity contribution in [3.05, 3.63) is 52.8 Å². The van der Waals surface area contributed by atoms with E-state index >= 15 is 0 Å². The molecule has 1 aromatic carbocycles. The van der Waals surface area contributed by atoms with Crippen molar-refractivity contribution < 1.29 is 4.79 Å². The molecule has 6 heteroatoms. The number of aromatic nitrogens is 2. The van der Waals surface area contributed by atoms with Crippen LogP contribution in [0.2, 0.25) is 5.02 Å². The first-order valence-corrected chi connectivity index (χ1v) is 8.69. The smallest absolute Gasteiger partial charge is 0.227 e. The number of benzene rings is 1. The first-order valence-electron chi connectivity index (χ1n) is 8.31. The molecule has 1 amide bonds. The van der Waals surface area contributed by atoms with Gasteiger partial charge in [-0.3, -0.25) is 9.48 Å². The molecule has 24 heavy (non-hydrogen) atoms. The summed E-state index contributed by atoms with van der Waals surface area (Å²) in [5.41, 5.74) is 2.10. The molecule has 1 aromatic heterocycles. The number of hydrogen-bond donors (Lipinski definition) is 1. The molecular weight excluding hydrogens is 324 g/mol. The second-order valence-electron chi connectivity index (χ2n) is 6.26. The molecule has 1 saturated heterocycles. The lowest BCUT2D eigenvalue weighted by Gasteiger charge is -2.27. The van der Waals surface area contributed by atoms with Crippen LogP contribution in [0.15, 0.2) is 36.7 Å². The Morgan fingerprint density at radius 3 is 2.88 bits per heavy atom. The number of halogens is 1. The first kappa shape index (κ1) is 17.0. The SMILES string of the molecule is CCN(Cc1ccccc1Cl)C(=O)[C@H]1CNC[C@@H]1c1cnn(C)c1. The lowest BCUT2D eigenvalue weighted by atomic mass is 9.89. The molecule has 1 aliphatic heterocycles. The maximum Gasteiger partial charge on any atom is 0.227 e. The Labute approximate surface area is 147 Å². The molecule has 0 radical (unpaired) electrons. The Morgan fingerprint density at radius 2 is 2.21 bits per heavy atom. The molecule has 1 aliphatic rings. The summed E-state index contributed by atoms with van der Waals surface area (Å²) in [5.74, 6) is 0.291. The quantitative estimate of drug-likeness (QED) is 0.904. The summed E-state index contributed by atoms with van der Waals surface area (Å²) in [4.78, 5) is 15.0. The van der Waals surface area contributed by atoms with E-state index in [1.807, 2.05) is 55.5 Å². The predicted octanol–water partition coefficient (Wildman–Crippen LogP) is 2.43. The maximum atomic E-state index is 13.1. The molecular formula is C18H23ClN4O. The Balaban J connectivity index is 1.76. The summed E-state index contributed by atoms with van der Waals surface area (Å²) in [6.07, 6.45) is 3.87. The maximum absolute atomic E-state index is 13.1. The van der Waals surface area contributed by atoms with Crippen LogP contribution in [0.5, 0.6) is 0 Å². The summed E-state index contributed by atoms with van der Waals surface area (Å²) in [6, 6.07) is 7.70. The normalized spacial score (nSPS) is 20.3. The molecule has 1 fully saturated rings. The van der Waals surface area contributed by atoms with Crippen molar-refractivity contribution in [1.29, 1.82) is 0 Å². The van der Waals surface area contributed by atoms with E-state index in [0.717, 1.165) is 17.7 Å². The molecule has 0 unspecified atom stereocenters. The lowest BCUT2D eigenvalue weighted by Crippen LogP contribution is -2.38. The average Bonchev–Trinajstić information content (AvgIpc) is 3.22. The van der Waals surface area contributed by atoms with E-state index in [9.17, 15) is 4.79 Å². The number of carbonyl (C=O) groups excluding carboxylic acids is 1. The van der Waals surface area contributed by atoms with Gasteiger partial charge >= 0.3 is 0 Å². The Bertz CT molecular complexity index is 715. The van der Waals surface area contributed by atoms with Crippen molar-refractivity contribution in [2.45, 2.75) is 19.4 Å². The highest BCUT2D eigenvalue weighted by Gasteiger charge is 2.36. The van der Waals surface area contributed by atoms with Gasteiger partial charge in [0.15, 0.2) is 0 Å². The van der Waals surface area contributed by atoms with E-state index in [4.69, 9.17) is 11.6 Å². The minimum absolute atomic E-state index is 0.0587. The second kappa shape index (κ2) is 7.36. The Hall–Kier alpha value is -1.85. The van der Waals surface area contributed by atoms with Crippen LogP contribution in [0.25, 0.3) is 0 Å². The van der Waals surface area contributed by atoms with E-state index in [1.165, 1.54) is 0 Å². The number of aryl methyl sites for hydroxylation is 1. The summed E-state index contributed by atoms with van der Waals surface area (Å²) in [7, 11) is 1.90. The van der Waals surface area contributed by atoms with Crippen molar-refractivity contribution in [2.75, 3.05) is 19.6 Å². The Kier molecular flexibility index (Phi) is 5.21. The third-order valence-electron chi connectivity index (χ3n) is 4.70. The van der Waals surface area contributed by atoms with Gasteiger partial charge in [-0.05, 0) is 24.1 Å². The molecule has 5 nitrogen and oxygen atoms in total. The van der Waals surface area contributed by atoms with Gasteiger partial charge < -0.3 is 10.2 Å². The summed E-state index contributed by atoms with van der Waals surface area (Å²) in [5, 5.41) is 8.31. The van der Waals surface area contributed by atoms with Crippen LogP contribution >= 0.6 is 11.6 Å². The van der Waals surface area contributed by atoms with E-state index in [-0.39, 0.29) is 17.7 Å². The summed E-state index contributed by atoms with van der Waals surface area (Å²) >= 11 is 6.26. The molecule has 0 spiro atoms. The van der Waals surface area contributed by atoms with Gasteiger partial charge in [-0.2, -0.15) is 5.10 Å². The third kappa shape index (κ3) is 3.47. The van der Waals surface area contributed by atoms with Crippen LogP contribution in [0.3, 0.4) is 0 Å². The summed E-state index contributed by atoms with van der Waals surface area (Å²) in [6.45, 7) is 4.74. The Morgan fingerprint density at radius 1 is 1.42 bits per heavy atom. The van der Waals surface area contributed by atoms with Gasteiger partial charge in [0.2, 0.25) is 5.91 Å². The van der Waals surface area contributed by atoms with E-state index in [0.29, 0.717) is 24.7 Å². The monoisotopic (exact) mass is 346 g/mol. The number of amides is 1. The van der Waals surface area contributed by atoms with Crippen molar-refractivity contribution in [3.63, 3.8) is 0 Å². The zero-order valence-electron chi connectivity index (χ0n) is 14.1. The van der Waals surface area contributed by atoms with Gasteiger partial charge in [0, 0.05) is 50.4 Å². The lowest BCUT2D eigenvalue weighted by molar-refractivity contribution is -0.135. The highest BCUT2D eigenvalue weighted by atomic mass is 35.5. The van der Waals surface area contributed by atoms with Gasteiger partial charge in [0.25, 0.3) is 0 Å². The average molecular weight is 347 g/mol. The van der Waals surface area contributed by atoms with Crippen molar-refractivity contribution in [2.24, 2.45) is 13.0 Å². The first-order chi connectivity index (χ1) is 11.6. The van der Waals surface area contributed by atoms with Crippen LogP contribution in [0, 0.1) is 5.92 Å². The molecule has 2 atom stereocenters. The predicted molar refractivity (Wildman–Crippen MR) is 94.9 cm³/mol. The molecule has 3 rings (SSSR count). The zero-order valence-corrected chi connectivity index (χ0v) is 14.8. The molecule has 128 valence electrons. The molecule has 0 aliphatic carbocycles. The fraction of sp³-hybridized carbons (Fsp3) is 0.444. The number of rotatable bonds is 5. The summed E-state index contributed by atoms with van der Waals surface area (Å²) < 4.78 is 1.79. The van der Waals surface area contributed by atoms with E-state index in [1.54, 1.807) is 4.68 Å². The van der Waals surface area contributed by atoms with Gasteiger partial charge in [-0.25, -0.2) is 0 Å². The zero-order chi connectivity index (χ0) is 17.1. The van der Waals surface area contributed by atoms with Gasteiger partial charge in [-0.15, -0.1) is 0 Å². The fourth-order valence-electron chi connectivity index (χ4n) is 3.33. The molecule has 2 heterocycles. The van der Waals surface area contributed by atoms with Crippen molar-refractivity contribution in [3.8, 4) is 0 Å². The number of nitrogens with one attached hydrogen (secondary N) is 1. The minimum atomic E-state index is -0.0587.